The number of amides is 4. The number of hydrogen-bond acceptors (Lipinski definition) is 13. The molecule has 336 valence electrons. The van der Waals surface area contributed by atoms with Gasteiger partial charge in [-0.05, 0) is 91.3 Å². The molecule has 17 heteroatoms. The fourth-order valence-electron chi connectivity index (χ4n) is 10.6. The van der Waals surface area contributed by atoms with E-state index in [1.165, 1.54) is 18.2 Å². The van der Waals surface area contributed by atoms with Crippen LogP contribution in [0.15, 0.2) is 48.7 Å². The Hall–Kier alpha value is -6.33. The second-order valence-electron chi connectivity index (χ2n) is 18.5. The molecule has 2 atom stereocenters. The number of nitrogens with one attached hydrogen (secondary N) is 1. The van der Waals surface area contributed by atoms with Crippen LogP contribution in [-0.2, 0) is 20.7 Å². The lowest BCUT2D eigenvalue weighted by atomic mass is 9.86. The third-order valence-corrected chi connectivity index (χ3v) is 14.4. The number of phenols is 1. The average molecular weight is 887 g/mol. The molecular weight excluding hydrogens is 839 g/mol. The van der Waals surface area contributed by atoms with Crippen molar-refractivity contribution >= 4 is 56.8 Å². The van der Waals surface area contributed by atoms with Gasteiger partial charge in [-0.15, -0.1) is 0 Å². The summed E-state index contributed by atoms with van der Waals surface area (Å²) in [6, 6.07) is 10.1. The van der Waals surface area contributed by atoms with Crippen LogP contribution < -0.4 is 19.9 Å². The summed E-state index contributed by atoms with van der Waals surface area (Å²) in [5, 5.41) is 14.4. The number of phenolic OH excluding ortho intramolecular Hbond substituents is 1. The number of fused-ring (bicyclic) bond motifs is 3. The number of carbonyl (C=O) groups excluding carboxylic acids is 4. The van der Waals surface area contributed by atoms with Crippen molar-refractivity contribution in [3.05, 3.63) is 77.0 Å². The topological polar surface area (TPSA) is 171 Å². The van der Waals surface area contributed by atoms with E-state index < -0.39 is 41.3 Å². The largest absolute Gasteiger partial charge is 0.508 e. The lowest BCUT2D eigenvalue weighted by Crippen LogP contribution is -2.56. The van der Waals surface area contributed by atoms with Crippen molar-refractivity contribution in [2.45, 2.75) is 69.9 Å². The van der Waals surface area contributed by atoms with Gasteiger partial charge in [-0.3, -0.25) is 39.3 Å². The molecule has 0 bridgehead atoms. The highest BCUT2D eigenvalue weighted by Gasteiger charge is 2.47. The molecule has 3 aromatic carbocycles. The van der Waals surface area contributed by atoms with Gasteiger partial charge in [0, 0.05) is 81.5 Å². The number of aryl methyl sites for hydroxylation is 1. The van der Waals surface area contributed by atoms with Gasteiger partial charge in [0.2, 0.25) is 11.8 Å². The van der Waals surface area contributed by atoms with Gasteiger partial charge in [0.15, 0.2) is 5.82 Å². The zero-order valence-corrected chi connectivity index (χ0v) is 36.0. The van der Waals surface area contributed by atoms with Gasteiger partial charge in [-0.25, -0.2) is 8.78 Å². The van der Waals surface area contributed by atoms with E-state index in [0.29, 0.717) is 73.4 Å². The molecule has 1 spiro atoms. The van der Waals surface area contributed by atoms with E-state index in [4.69, 9.17) is 19.4 Å². The average Bonchev–Trinajstić information content (AvgIpc) is 4.02. The molecular formula is C48H48F2N8O7. The Balaban J connectivity index is 0.820. The first-order valence-corrected chi connectivity index (χ1v) is 22.6. The van der Waals surface area contributed by atoms with Crippen molar-refractivity contribution in [1.29, 1.82) is 0 Å². The van der Waals surface area contributed by atoms with E-state index in [1.807, 2.05) is 13.0 Å². The quantitative estimate of drug-likeness (QED) is 0.168. The Morgan fingerprint density at radius 2 is 1.71 bits per heavy atom. The van der Waals surface area contributed by atoms with E-state index in [9.17, 15) is 24.3 Å². The van der Waals surface area contributed by atoms with Gasteiger partial charge in [-0.2, -0.15) is 9.97 Å². The number of piperidine rings is 2. The SMILES string of the molecule is CCc1c(F)ccc2cc(O)cc(-c3ncc4c(N5CCCC6(CCO6)C5)nc(OCC5(CN6CCN(c7ccc8c(c7)C(=O)N(C7CCC(=O)NC7=O)C8=O)CC6)CC5)nc4c3F)c12. The predicted molar refractivity (Wildman–Crippen MR) is 235 cm³/mol. The molecule has 15 nitrogen and oxygen atoms in total. The number of piperazine rings is 1. The van der Waals surface area contributed by atoms with Gasteiger partial charge in [0.25, 0.3) is 11.8 Å². The molecule has 65 heavy (non-hydrogen) atoms. The number of hydrogen-bond donors (Lipinski definition) is 2. The Morgan fingerprint density at radius 3 is 2.45 bits per heavy atom. The van der Waals surface area contributed by atoms with E-state index in [0.717, 1.165) is 62.3 Å². The molecule has 1 aliphatic carbocycles. The van der Waals surface area contributed by atoms with Crippen LogP contribution in [-0.4, -0.2) is 124 Å². The maximum Gasteiger partial charge on any atom is 0.319 e. The summed E-state index contributed by atoms with van der Waals surface area (Å²) in [5.74, 6) is -2.83. The second kappa shape index (κ2) is 15.7. The third kappa shape index (κ3) is 7.19. The fraction of sp³-hybridized carbons (Fsp3) is 0.438. The summed E-state index contributed by atoms with van der Waals surface area (Å²) in [4.78, 5) is 72.9. The number of halogens is 2. The van der Waals surface area contributed by atoms with Crippen molar-refractivity contribution in [3.63, 3.8) is 0 Å². The van der Waals surface area contributed by atoms with Crippen LogP contribution in [0.25, 0.3) is 32.9 Å². The van der Waals surface area contributed by atoms with Gasteiger partial charge < -0.3 is 24.4 Å². The van der Waals surface area contributed by atoms with Gasteiger partial charge in [-0.1, -0.05) is 13.0 Å². The van der Waals surface area contributed by atoms with Crippen molar-refractivity contribution in [1.82, 2.24) is 30.1 Å². The Bertz CT molecular complexity index is 2840. The first-order chi connectivity index (χ1) is 31.4. The number of pyridine rings is 1. The van der Waals surface area contributed by atoms with Crippen molar-refractivity contribution < 1.29 is 42.5 Å². The highest BCUT2D eigenvalue weighted by Crippen LogP contribution is 2.47. The van der Waals surface area contributed by atoms with Crippen molar-refractivity contribution in [2.24, 2.45) is 5.41 Å². The van der Waals surface area contributed by atoms with Gasteiger partial charge >= 0.3 is 6.01 Å². The van der Waals surface area contributed by atoms with Gasteiger partial charge in [0.1, 0.15) is 34.6 Å². The number of nitrogens with zero attached hydrogens (tertiary/aromatic N) is 7. The first-order valence-electron chi connectivity index (χ1n) is 22.6. The zero-order valence-electron chi connectivity index (χ0n) is 36.0. The lowest BCUT2D eigenvalue weighted by molar-refractivity contribution is -0.151. The zero-order chi connectivity index (χ0) is 44.8. The molecule has 5 fully saturated rings. The number of aromatic nitrogens is 3. The van der Waals surface area contributed by atoms with Crippen molar-refractivity contribution in [3.8, 4) is 23.0 Å². The summed E-state index contributed by atoms with van der Waals surface area (Å²) < 4.78 is 44.9. The van der Waals surface area contributed by atoms with E-state index >= 15 is 8.78 Å². The maximum absolute atomic E-state index is 17.2. The monoisotopic (exact) mass is 886 g/mol. The minimum atomic E-state index is -1.02. The molecule has 4 amide bonds. The fourth-order valence-corrected chi connectivity index (χ4v) is 10.6. The molecule has 2 N–H and O–H groups in total. The maximum atomic E-state index is 17.2. The molecule has 7 heterocycles. The van der Waals surface area contributed by atoms with E-state index in [-0.39, 0.29) is 63.5 Å². The van der Waals surface area contributed by atoms with Crippen LogP contribution in [0.2, 0.25) is 0 Å². The van der Waals surface area contributed by atoms with E-state index in [2.05, 4.69) is 25.0 Å². The minimum absolute atomic E-state index is 0.0253. The predicted octanol–water partition coefficient (Wildman–Crippen LogP) is 5.53. The smallest absolute Gasteiger partial charge is 0.319 e. The van der Waals surface area contributed by atoms with Crippen molar-refractivity contribution in [2.75, 3.05) is 68.8 Å². The summed E-state index contributed by atoms with van der Waals surface area (Å²) >= 11 is 0. The lowest BCUT2D eigenvalue weighted by Gasteiger charge is -2.48. The Kier molecular flexibility index (Phi) is 9.98. The number of anilines is 2. The third-order valence-electron chi connectivity index (χ3n) is 14.4. The molecule has 5 aromatic rings. The second-order valence-corrected chi connectivity index (χ2v) is 18.5. The minimum Gasteiger partial charge on any atom is -0.508 e. The number of benzene rings is 3. The van der Waals surface area contributed by atoms with Crippen LogP contribution >= 0.6 is 0 Å². The Labute approximate surface area is 372 Å². The summed E-state index contributed by atoms with van der Waals surface area (Å²) in [6.07, 6.45) is 6.70. The molecule has 2 unspecified atom stereocenters. The van der Waals surface area contributed by atoms with E-state index in [1.54, 1.807) is 24.4 Å². The molecule has 6 aliphatic rings. The Morgan fingerprint density at radius 1 is 0.908 bits per heavy atom. The molecule has 5 aliphatic heterocycles. The standard InChI is InChI=1S/C48H48F2N8O7/c1-2-30-35(49)7-4-27-20-29(59)22-33(38(27)30)40-39(50)41-34(23-51-40)42(57-14-3-10-48(25-57)13-19-65-48)54-46(53-41)64-26-47(11-12-47)24-55-15-17-56(18-16-55)28-5-6-31-32(21-28)45(63)58(44(31)62)36-8-9-37(60)52-43(36)61/h4-7,20-23,36,59H,2-3,8-19,24-26H2,1H3,(H,52,60,61). The van der Waals surface area contributed by atoms with Crippen LogP contribution in [0.4, 0.5) is 20.3 Å². The summed E-state index contributed by atoms with van der Waals surface area (Å²) in [6.45, 7) is 7.77. The number of carbonyl (C=O) groups is 4. The number of aromatic hydroxyl groups is 1. The molecule has 0 radical (unpaired) electrons. The highest BCUT2D eigenvalue weighted by atomic mass is 19.1. The van der Waals surface area contributed by atoms with Gasteiger partial charge in [0.05, 0.1) is 35.3 Å². The number of ether oxygens (including phenoxy) is 2. The number of rotatable bonds is 10. The number of imide groups is 2. The van der Waals surface area contributed by atoms with Crippen LogP contribution in [0.1, 0.15) is 78.1 Å². The highest BCUT2D eigenvalue weighted by molar-refractivity contribution is 6.23. The van der Waals surface area contributed by atoms with Crippen LogP contribution in [0, 0.1) is 17.0 Å². The van der Waals surface area contributed by atoms with Crippen LogP contribution in [0.5, 0.6) is 11.8 Å². The normalized spacial score (nSPS) is 23.1. The first kappa shape index (κ1) is 41.4. The molecule has 2 aromatic heterocycles. The summed E-state index contributed by atoms with van der Waals surface area (Å²) in [7, 11) is 0. The molecule has 1 saturated carbocycles. The molecule has 11 rings (SSSR count). The molecule has 4 saturated heterocycles. The summed E-state index contributed by atoms with van der Waals surface area (Å²) in [5.41, 5.74) is 1.53. The van der Waals surface area contributed by atoms with Crippen LogP contribution in [0.3, 0.4) is 0 Å².